The maximum Gasteiger partial charge on any atom is 0.0951 e. The minimum Gasteiger partial charge on any atom is -0.380 e. The molecule has 1 unspecified atom stereocenters. The fourth-order valence-electron chi connectivity index (χ4n) is 2.45. The molecular weight excluding hydrogens is 256 g/mol. The van der Waals surface area contributed by atoms with Crippen LogP contribution in [-0.2, 0) is 11.2 Å². The topological polar surface area (TPSA) is 48.1 Å². The minimum atomic E-state index is -0.232. The van der Waals surface area contributed by atoms with Crippen LogP contribution in [0.4, 0.5) is 0 Å². The van der Waals surface area contributed by atoms with E-state index in [2.05, 4.69) is 17.5 Å². The number of ether oxygens (including phenoxy) is 1. The lowest BCUT2D eigenvalue weighted by Gasteiger charge is -2.32. The van der Waals surface area contributed by atoms with Crippen molar-refractivity contribution in [3.05, 3.63) is 40.7 Å². The van der Waals surface area contributed by atoms with E-state index >= 15 is 0 Å². The zero-order chi connectivity index (χ0) is 13.1. The Balaban J connectivity index is 1.75. The summed E-state index contributed by atoms with van der Waals surface area (Å²) in [4.78, 5) is 4.70. The molecule has 2 N–H and O–H groups in total. The molecule has 1 saturated heterocycles. The van der Waals surface area contributed by atoms with E-state index in [1.165, 1.54) is 0 Å². The van der Waals surface area contributed by atoms with E-state index < -0.39 is 0 Å². The van der Waals surface area contributed by atoms with E-state index in [0.29, 0.717) is 6.61 Å². The Labute approximate surface area is 117 Å². The van der Waals surface area contributed by atoms with Crippen molar-refractivity contribution < 1.29 is 4.74 Å². The van der Waals surface area contributed by atoms with Gasteiger partial charge in [-0.25, -0.2) is 4.98 Å². The maximum atomic E-state index is 6.38. The van der Waals surface area contributed by atoms with Crippen LogP contribution < -0.4 is 5.73 Å². The smallest absolute Gasteiger partial charge is 0.0951 e. The molecule has 1 aromatic carbocycles. The number of nitrogens with zero attached hydrogens (tertiary/aromatic N) is 1. The van der Waals surface area contributed by atoms with Crippen LogP contribution in [0.5, 0.6) is 0 Å². The van der Waals surface area contributed by atoms with Gasteiger partial charge in [-0.3, -0.25) is 0 Å². The average Bonchev–Trinajstić information content (AvgIpc) is 2.88. The molecule has 3 nitrogen and oxygen atoms in total. The number of nitrogens with two attached hydrogens (primary N) is 1. The molecule has 1 aromatic heterocycles. The first-order valence-corrected chi connectivity index (χ1v) is 7.50. The van der Waals surface area contributed by atoms with E-state index in [1.54, 1.807) is 11.3 Å². The molecule has 2 aromatic rings. The fraction of sp³-hybridized carbons (Fsp3) is 0.400. The molecule has 4 heteroatoms. The zero-order valence-electron chi connectivity index (χ0n) is 10.8. The lowest BCUT2D eigenvalue weighted by atomic mass is 9.90. The van der Waals surface area contributed by atoms with Gasteiger partial charge in [0.15, 0.2) is 0 Å². The summed E-state index contributed by atoms with van der Waals surface area (Å²) >= 11 is 1.69. The number of aromatic nitrogens is 1. The third-order valence-electron chi connectivity index (χ3n) is 3.48. The predicted octanol–water partition coefficient (Wildman–Crippen LogP) is 2.86. The quantitative estimate of drug-likeness (QED) is 0.936. The highest BCUT2D eigenvalue weighted by Gasteiger charge is 2.29. The van der Waals surface area contributed by atoms with Crippen LogP contribution in [0.15, 0.2) is 35.7 Å². The summed E-state index contributed by atoms with van der Waals surface area (Å²) in [5, 5.41) is 3.21. The van der Waals surface area contributed by atoms with Crippen molar-refractivity contribution in [3.8, 4) is 11.3 Å². The lowest BCUT2D eigenvalue weighted by Crippen LogP contribution is -2.49. The van der Waals surface area contributed by atoms with Crippen LogP contribution >= 0.6 is 11.3 Å². The Morgan fingerprint density at radius 2 is 2.16 bits per heavy atom. The Morgan fingerprint density at radius 1 is 1.32 bits per heavy atom. The van der Waals surface area contributed by atoms with Crippen LogP contribution in [0, 0.1) is 0 Å². The monoisotopic (exact) mass is 274 g/mol. The van der Waals surface area contributed by atoms with Gasteiger partial charge in [-0.1, -0.05) is 30.3 Å². The summed E-state index contributed by atoms with van der Waals surface area (Å²) < 4.78 is 5.50. The van der Waals surface area contributed by atoms with Crippen molar-refractivity contribution in [1.82, 2.24) is 4.98 Å². The standard InChI is InChI=1S/C15H18N2OS/c16-15(7-4-8-18-11-15)9-14-17-13(10-19-14)12-5-2-1-3-6-12/h1-3,5-6,10H,4,7-9,11,16H2. The van der Waals surface area contributed by atoms with Gasteiger partial charge in [0.1, 0.15) is 0 Å². The van der Waals surface area contributed by atoms with Crippen molar-refractivity contribution in [3.63, 3.8) is 0 Å². The molecule has 0 bridgehead atoms. The van der Waals surface area contributed by atoms with Crippen LogP contribution in [0.25, 0.3) is 11.3 Å². The van der Waals surface area contributed by atoms with E-state index in [-0.39, 0.29) is 5.54 Å². The molecule has 19 heavy (non-hydrogen) atoms. The van der Waals surface area contributed by atoms with E-state index in [9.17, 15) is 0 Å². The second-order valence-corrected chi connectivity index (χ2v) is 6.13. The highest BCUT2D eigenvalue weighted by Crippen LogP contribution is 2.26. The lowest BCUT2D eigenvalue weighted by molar-refractivity contribution is 0.0382. The Morgan fingerprint density at radius 3 is 2.89 bits per heavy atom. The number of rotatable bonds is 3. The summed E-state index contributed by atoms with van der Waals surface area (Å²) in [6.07, 6.45) is 2.88. The zero-order valence-corrected chi connectivity index (χ0v) is 11.7. The molecular formula is C15H18N2OS. The summed E-state index contributed by atoms with van der Waals surface area (Å²) in [5.74, 6) is 0. The molecule has 0 radical (unpaired) electrons. The van der Waals surface area contributed by atoms with Crippen LogP contribution in [-0.4, -0.2) is 23.7 Å². The van der Waals surface area contributed by atoms with Gasteiger partial charge in [0.25, 0.3) is 0 Å². The number of thiazole rings is 1. The first kappa shape index (κ1) is 12.8. The van der Waals surface area contributed by atoms with Gasteiger partial charge in [0.2, 0.25) is 0 Å². The summed E-state index contributed by atoms with van der Waals surface area (Å²) in [6, 6.07) is 10.3. The predicted molar refractivity (Wildman–Crippen MR) is 78.2 cm³/mol. The van der Waals surface area contributed by atoms with Crippen LogP contribution in [0.1, 0.15) is 17.8 Å². The maximum absolute atomic E-state index is 6.38. The van der Waals surface area contributed by atoms with Gasteiger partial charge in [-0.2, -0.15) is 0 Å². The van der Waals surface area contributed by atoms with E-state index in [4.69, 9.17) is 15.5 Å². The molecule has 0 saturated carbocycles. The molecule has 3 rings (SSSR count). The van der Waals surface area contributed by atoms with E-state index in [1.807, 2.05) is 18.2 Å². The van der Waals surface area contributed by atoms with E-state index in [0.717, 1.165) is 42.1 Å². The molecule has 1 fully saturated rings. The van der Waals surface area contributed by atoms with Crippen LogP contribution in [0.2, 0.25) is 0 Å². The Hall–Kier alpha value is -1.23. The number of hydrogen-bond donors (Lipinski definition) is 1. The molecule has 0 aliphatic carbocycles. The summed E-state index contributed by atoms with van der Waals surface area (Å²) in [5.41, 5.74) is 8.35. The van der Waals surface area contributed by atoms with Gasteiger partial charge < -0.3 is 10.5 Å². The minimum absolute atomic E-state index is 0.232. The summed E-state index contributed by atoms with van der Waals surface area (Å²) in [6.45, 7) is 1.49. The van der Waals surface area contributed by atoms with Gasteiger partial charge in [-0.05, 0) is 12.8 Å². The third kappa shape index (κ3) is 3.03. The first-order valence-electron chi connectivity index (χ1n) is 6.62. The normalized spacial score (nSPS) is 23.4. The SMILES string of the molecule is NC1(Cc2nc(-c3ccccc3)cs2)CCCOC1. The second-order valence-electron chi connectivity index (χ2n) is 5.19. The molecule has 0 spiro atoms. The van der Waals surface area contributed by atoms with Crippen molar-refractivity contribution in [2.24, 2.45) is 5.73 Å². The molecule has 0 amide bonds. The molecule has 2 heterocycles. The fourth-order valence-corrected chi connectivity index (χ4v) is 3.41. The highest BCUT2D eigenvalue weighted by atomic mass is 32.1. The van der Waals surface area contributed by atoms with Crippen molar-refractivity contribution in [1.29, 1.82) is 0 Å². The molecule has 1 aliphatic heterocycles. The Kier molecular flexibility index (Phi) is 3.64. The molecule has 100 valence electrons. The van der Waals surface area contributed by atoms with Gasteiger partial charge in [-0.15, -0.1) is 11.3 Å². The molecule has 1 aliphatic rings. The molecule has 1 atom stereocenters. The number of hydrogen-bond acceptors (Lipinski definition) is 4. The second kappa shape index (κ2) is 5.41. The largest absolute Gasteiger partial charge is 0.380 e. The van der Waals surface area contributed by atoms with Gasteiger partial charge in [0, 0.05) is 29.5 Å². The van der Waals surface area contributed by atoms with Crippen LogP contribution in [0.3, 0.4) is 0 Å². The Bertz CT molecular complexity index is 532. The third-order valence-corrected chi connectivity index (χ3v) is 4.33. The van der Waals surface area contributed by atoms with Crippen molar-refractivity contribution >= 4 is 11.3 Å². The summed E-state index contributed by atoms with van der Waals surface area (Å²) in [7, 11) is 0. The first-order chi connectivity index (χ1) is 9.25. The highest BCUT2D eigenvalue weighted by molar-refractivity contribution is 7.09. The average molecular weight is 274 g/mol. The van der Waals surface area contributed by atoms with Gasteiger partial charge in [0.05, 0.1) is 17.3 Å². The van der Waals surface area contributed by atoms with Crippen molar-refractivity contribution in [2.75, 3.05) is 13.2 Å². The van der Waals surface area contributed by atoms with Crippen molar-refractivity contribution in [2.45, 2.75) is 24.8 Å². The van der Waals surface area contributed by atoms with Gasteiger partial charge >= 0.3 is 0 Å². The number of benzene rings is 1.